The van der Waals surface area contributed by atoms with Gasteiger partial charge in [-0.3, -0.25) is 14.3 Å². The minimum absolute atomic E-state index is 0.139. The van der Waals surface area contributed by atoms with Gasteiger partial charge >= 0.3 is 0 Å². The summed E-state index contributed by atoms with van der Waals surface area (Å²) in [5.41, 5.74) is 8.32. The van der Waals surface area contributed by atoms with E-state index < -0.39 is 11.3 Å². The maximum atomic E-state index is 13.3. The molecular formula is C25H27FN4O2. The summed E-state index contributed by atoms with van der Waals surface area (Å²) in [5.74, 6) is -0.829. The summed E-state index contributed by atoms with van der Waals surface area (Å²) in [6.07, 6.45) is 4.25. The molecule has 0 saturated carbocycles. The second-order valence-corrected chi connectivity index (χ2v) is 8.81. The van der Waals surface area contributed by atoms with E-state index in [2.05, 4.69) is 5.10 Å². The van der Waals surface area contributed by atoms with E-state index in [9.17, 15) is 14.0 Å². The van der Waals surface area contributed by atoms with Gasteiger partial charge in [-0.1, -0.05) is 36.4 Å². The Morgan fingerprint density at radius 3 is 2.56 bits per heavy atom. The van der Waals surface area contributed by atoms with E-state index in [0.717, 1.165) is 16.7 Å². The van der Waals surface area contributed by atoms with Crippen molar-refractivity contribution in [3.63, 3.8) is 0 Å². The van der Waals surface area contributed by atoms with E-state index in [1.165, 1.54) is 12.1 Å². The zero-order valence-corrected chi connectivity index (χ0v) is 18.3. The van der Waals surface area contributed by atoms with Crippen LogP contribution < -0.4 is 5.73 Å². The third-order valence-corrected chi connectivity index (χ3v) is 6.19. The predicted molar refractivity (Wildman–Crippen MR) is 120 cm³/mol. The summed E-state index contributed by atoms with van der Waals surface area (Å²) in [4.78, 5) is 27.2. The van der Waals surface area contributed by atoms with Crippen molar-refractivity contribution in [3.05, 3.63) is 77.9 Å². The summed E-state index contributed by atoms with van der Waals surface area (Å²) in [5, 5.41) is 4.25. The number of carbonyl (C=O) groups excluding carboxylic acids is 2. The highest BCUT2D eigenvalue weighted by atomic mass is 19.1. The Kier molecular flexibility index (Phi) is 5.82. The Morgan fingerprint density at radius 2 is 1.91 bits per heavy atom. The first kappa shape index (κ1) is 21.7. The van der Waals surface area contributed by atoms with Crippen LogP contribution in [0.25, 0.3) is 11.1 Å². The number of aromatic nitrogens is 2. The van der Waals surface area contributed by atoms with Crippen LogP contribution in [0.2, 0.25) is 0 Å². The molecule has 7 heteroatoms. The van der Waals surface area contributed by atoms with Crippen molar-refractivity contribution >= 4 is 11.8 Å². The first-order valence-corrected chi connectivity index (χ1v) is 10.8. The maximum absolute atomic E-state index is 13.3. The van der Waals surface area contributed by atoms with Crippen LogP contribution in [0.15, 0.2) is 60.9 Å². The number of primary amides is 1. The number of benzene rings is 2. The zero-order valence-electron chi connectivity index (χ0n) is 18.3. The van der Waals surface area contributed by atoms with Gasteiger partial charge in [0, 0.05) is 25.3 Å². The standard InChI is InChI=1S/C25H27FN4O2/c1-17(2)30-15-21(14-28-30)23(31)29-11-10-25(16-29,24(27)32)13-18-4-3-5-20(12-18)19-6-8-22(26)9-7-19/h3-9,12,14-15,17H,10-11,13,16H2,1-2H3,(H2,27,32). The first-order chi connectivity index (χ1) is 15.3. The van der Waals surface area contributed by atoms with Gasteiger partial charge in [0.25, 0.3) is 5.91 Å². The number of amides is 2. The van der Waals surface area contributed by atoms with Crippen molar-refractivity contribution in [2.24, 2.45) is 11.1 Å². The first-order valence-electron chi connectivity index (χ1n) is 10.8. The van der Waals surface area contributed by atoms with Gasteiger partial charge in [0.15, 0.2) is 0 Å². The van der Waals surface area contributed by atoms with Crippen molar-refractivity contribution < 1.29 is 14.0 Å². The lowest BCUT2D eigenvalue weighted by Crippen LogP contribution is -2.42. The molecule has 1 aromatic heterocycles. The summed E-state index contributed by atoms with van der Waals surface area (Å²) < 4.78 is 15.0. The largest absolute Gasteiger partial charge is 0.369 e. The molecule has 1 unspecified atom stereocenters. The van der Waals surface area contributed by atoms with Gasteiger partial charge in [0.1, 0.15) is 5.82 Å². The molecule has 1 saturated heterocycles. The molecule has 2 aromatic carbocycles. The van der Waals surface area contributed by atoms with Gasteiger partial charge in [-0.15, -0.1) is 0 Å². The number of likely N-dealkylation sites (tertiary alicyclic amines) is 1. The summed E-state index contributed by atoms with van der Waals surface area (Å²) in [7, 11) is 0. The molecule has 32 heavy (non-hydrogen) atoms. The van der Waals surface area contributed by atoms with Gasteiger partial charge in [-0.2, -0.15) is 5.10 Å². The third kappa shape index (κ3) is 4.28. The SMILES string of the molecule is CC(C)n1cc(C(=O)N2CCC(Cc3cccc(-c4ccc(F)cc4)c3)(C(N)=O)C2)cn1. The Labute approximate surface area is 186 Å². The van der Waals surface area contributed by atoms with Crippen molar-refractivity contribution in [1.29, 1.82) is 0 Å². The number of carbonyl (C=O) groups is 2. The molecule has 0 aliphatic carbocycles. The Bertz CT molecular complexity index is 1140. The van der Waals surface area contributed by atoms with Gasteiger partial charge in [-0.25, -0.2) is 4.39 Å². The number of rotatable bonds is 6. The Hall–Kier alpha value is -3.48. The Balaban J connectivity index is 1.54. The molecule has 4 rings (SSSR count). The van der Waals surface area contributed by atoms with Crippen LogP contribution >= 0.6 is 0 Å². The molecular weight excluding hydrogens is 407 g/mol. The van der Waals surface area contributed by atoms with Gasteiger partial charge < -0.3 is 10.6 Å². The summed E-state index contributed by atoms with van der Waals surface area (Å²) in [6.45, 7) is 4.73. The van der Waals surface area contributed by atoms with Crippen molar-refractivity contribution in [1.82, 2.24) is 14.7 Å². The molecule has 1 fully saturated rings. The molecule has 0 spiro atoms. The molecule has 1 atom stereocenters. The predicted octanol–water partition coefficient (Wildman–Crippen LogP) is 3.83. The molecule has 1 aliphatic rings. The van der Waals surface area contributed by atoms with Crippen LogP contribution in [-0.4, -0.2) is 39.6 Å². The van der Waals surface area contributed by atoms with Crippen LogP contribution in [0.5, 0.6) is 0 Å². The van der Waals surface area contributed by atoms with Crippen molar-refractivity contribution in [2.45, 2.75) is 32.7 Å². The number of halogens is 1. The van der Waals surface area contributed by atoms with E-state index in [0.29, 0.717) is 24.9 Å². The van der Waals surface area contributed by atoms with Crippen LogP contribution in [-0.2, 0) is 11.2 Å². The van der Waals surface area contributed by atoms with E-state index in [1.807, 2.05) is 38.1 Å². The lowest BCUT2D eigenvalue weighted by atomic mass is 9.79. The fraction of sp³-hybridized carbons (Fsp3) is 0.320. The van der Waals surface area contributed by atoms with Gasteiger partial charge in [0.2, 0.25) is 5.91 Å². The van der Waals surface area contributed by atoms with E-state index in [1.54, 1.807) is 34.1 Å². The Morgan fingerprint density at radius 1 is 1.16 bits per heavy atom. The number of hydrogen-bond donors (Lipinski definition) is 1. The molecule has 2 N–H and O–H groups in total. The lowest BCUT2D eigenvalue weighted by molar-refractivity contribution is -0.126. The second kappa shape index (κ2) is 8.57. The zero-order chi connectivity index (χ0) is 22.9. The van der Waals surface area contributed by atoms with Crippen LogP contribution in [0.3, 0.4) is 0 Å². The molecule has 2 heterocycles. The normalized spacial score (nSPS) is 18.3. The average Bonchev–Trinajstić information content (AvgIpc) is 3.43. The fourth-order valence-corrected chi connectivity index (χ4v) is 4.29. The van der Waals surface area contributed by atoms with E-state index >= 15 is 0 Å². The van der Waals surface area contributed by atoms with Crippen LogP contribution in [0, 0.1) is 11.2 Å². The van der Waals surface area contributed by atoms with E-state index in [-0.39, 0.29) is 24.3 Å². The molecule has 2 amide bonds. The minimum atomic E-state index is -0.828. The third-order valence-electron chi connectivity index (χ3n) is 6.19. The quantitative estimate of drug-likeness (QED) is 0.640. The van der Waals surface area contributed by atoms with E-state index in [4.69, 9.17) is 5.73 Å². The smallest absolute Gasteiger partial charge is 0.257 e. The van der Waals surface area contributed by atoms with Crippen molar-refractivity contribution in [3.8, 4) is 11.1 Å². The number of nitrogens with two attached hydrogens (primary N) is 1. The molecule has 1 aliphatic heterocycles. The molecule has 166 valence electrons. The topological polar surface area (TPSA) is 81.2 Å². The molecule has 0 bridgehead atoms. The minimum Gasteiger partial charge on any atom is -0.369 e. The van der Waals surface area contributed by atoms with Crippen LogP contribution in [0.1, 0.15) is 42.2 Å². The highest BCUT2D eigenvalue weighted by Gasteiger charge is 2.45. The molecule has 3 aromatic rings. The monoisotopic (exact) mass is 434 g/mol. The number of hydrogen-bond acceptors (Lipinski definition) is 3. The van der Waals surface area contributed by atoms with Gasteiger partial charge in [-0.05, 0) is 55.5 Å². The average molecular weight is 435 g/mol. The highest BCUT2D eigenvalue weighted by Crippen LogP contribution is 2.35. The second-order valence-electron chi connectivity index (χ2n) is 8.81. The van der Waals surface area contributed by atoms with Crippen LogP contribution in [0.4, 0.5) is 4.39 Å². The van der Waals surface area contributed by atoms with Gasteiger partial charge in [0.05, 0.1) is 17.2 Å². The molecule has 6 nitrogen and oxygen atoms in total. The maximum Gasteiger partial charge on any atom is 0.257 e. The highest BCUT2D eigenvalue weighted by molar-refractivity contribution is 5.95. The fourth-order valence-electron chi connectivity index (χ4n) is 4.29. The summed E-state index contributed by atoms with van der Waals surface area (Å²) in [6, 6.07) is 14.3. The molecule has 0 radical (unpaired) electrons. The number of nitrogens with zero attached hydrogens (tertiary/aromatic N) is 3. The summed E-state index contributed by atoms with van der Waals surface area (Å²) >= 11 is 0. The lowest BCUT2D eigenvalue weighted by Gasteiger charge is -2.26. The van der Waals surface area contributed by atoms with Crippen molar-refractivity contribution in [2.75, 3.05) is 13.1 Å².